The van der Waals surface area contributed by atoms with Crippen molar-refractivity contribution in [1.29, 1.82) is 0 Å². The Balaban J connectivity index is 2.44. The minimum Gasteiger partial charge on any atom is -0.452 e. The molecule has 0 bridgehead atoms. The van der Waals surface area contributed by atoms with Crippen LogP contribution in [0.2, 0.25) is 0 Å². The fraction of sp³-hybridized carbons (Fsp3) is 0.417. The van der Waals surface area contributed by atoms with E-state index in [2.05, 4.69) is 4.74 Å². The van der Waals surface area contributed by atoms with Crippen molar-refractivity contribution in [1.82, 2.24) is 0 Å². The molecule has 92 valence electrons. The predicted molar refractivity (Wildman–Crippen MR) is 62.6 cm³/mol. The molecule has 1 aliphatic rings. The Morgan fingerprint density at radius 3 is 3.06 bits per heavy atom. The first-order chi connectivity index (χ1) is 8.17. The van der Waals surface area contributed by atoms with Gasteiger partial charge in [-0.05, 0) is 36.6 Å². The molecule has 2 rings (SSSR count). The fourth-order valence-corrected chi connectivity index (χ4v) is 2.20. The zero-order valence-electron chi connectivity index (χ0n) is 9.65. The zero-order valence-corrected chi connectivity index (χ0v) is 9.65. The first-order valence-corrected chi connectivity index (χ1v) is 5.52. The van der Waals surface area contributed by atoms with Crippen LogP contribution >= 0.6 is 0 Å². The number of methoxy groups -OCH3 is 1. The molecule has 5 heteroatoms. The molecule has 0 saturated carbocycles. The van der Waals surface area contributed by atoms with Crippen LogP contribution in [0.4, 0.5) is 14.9 Å². The lowest BCUT2D eigenvalue weighted by molar-refractivity contribution is 0.178. The normalized spacial score (nSPS) is 18.8. The monoisotopic (exact) mass is 238 g/mol. The highest BCUT2D eigenvalue weighted by molar-refractivity contribution is 5.89. The van der Waals surface area contributed by atoms with Crippen molar-refractivity contribution in [3.05, 3.63) is 29.6 Å². The van der Waals surface area contributed by atoms with Crippen molar-refractivity contribution >= 4 is 11.8 Å². The van der Waals surface area contributed by atoms with Gasteiger partial charge in [-0.15, -0.1) is 0 Å². The molecule has 1 heterocycles. The smallest absolute Gasteiger partial charge is 0.414 e. The van der Waals surface area contributed by atoms with E-state index in [0.717, 1.165) is 12.0 Å². The maximum atomic E-state index is 13.3. The number of halogens is 1. The van der Waals surface area contributed by atoms with Gasteiger partial charge in [0.05, 0.1) is 12.8 Å². The third kappa shape index (κ3) is 2.10. The Hall–Kier alpha value is -1.62. The zero-order chi connectivity index (χ0) is 12.4. The quantitative estimate of drug-likeness (QED) is 0.812. The van der Waals surface area contributed by atoms with Crippen molar-refractivity contribution in [2.24, 2.45) is 5.73 Å². The van der Waals surface area contributed by atoms with Gasteiger partial charge < -0.3 is 10.5 Å². The summed E-state index contributed by atoms with van der Waals surface area (Å²) in [5, 5.41) is 0. The van der Waals surface area contributed by atoms with Crippen LogP contribution in [0.1, 0.15) is 17.9 Å². The van der Waals surface area contributed by atoms with Crippen LogP contribution in [-0.2, 0) is 4.74 Å². The summed E-state index contributed by atoms with van der Waals surface area (Å²) in [4.78, 5) is 13.0. The average molecular weight is 238 g/mol. The molecular weight excluding hydrogens is 223 g/mol. The summed E-state index contributed by atoms with van der Waals surface area (Å²) < 4.78 is 17.9. The summed E-state index contributed by atoms with van der Waals surface area (Å²) >= 11 is 0. The lowest BCUT2D eigenvalue weighted by Gasteiger charge is -2.32. The molecule has 0 spiro atoms. The van der Waals surface area contributed by atoms with Crippen LogP contribution in [0.15, 0.2) is 18.2 Å². The third-order valence-corrected chi connectivity index (χ3v) is 3.10. The van der Waals surface area contributed by atoms with Crippen LogP contribution in [0.3, 0.4) is 0 Å². The van der Waals surface area contributed by atoms with E-state index < -0.39 is 6.09 Å². The number of benzene rings is 1. The van der Waals surface area contributed by atoms with Crippen molar-refractivity contribution < 1.29 is 13.9 Å². The Kier molecular flexibility index (Phi) is 3.28. The summed E-state index contributed by atoms with van der Waals surface area (Å²) in [5.74, 6) is -0.193. The summed E-state index contributed by atoms with van der Waals surface area (Å²) in [6, 6.07) is 4.44. The van der Waals surface area contributed by atoms with Crippen LogP contribution in [0.5, 0.6) is 0 Å². The molecule has 1 unspecified atom stereocenters. The van der Waals surface area contributed by atoms with E-state index in [0.29, 0.717) is 18.8 Å². The van der Waals surface area contributed by atoms with E-state index >= 15 is 0 Å². The van der Waals surface area contributed by atoms with Gasteiger partial charge in [-0.25, -0.2) is 9.18 Å². The number of carbonyl (C=O) groups is 1. The van der Waals surface area contributed by atoms with Gasteiger partial charge in [0.2, 0.25) is 0 Å². The van der Waals surface area contributed by atoms with Gasteiger partial charge in [0, 0.05) is 6.54 Å². The molecule has 0 aromatic heterocycles. The van der Waals surface area contributed by atoms with E-state index in [1.165, 1.54) is 24.1 Å². The molecular formula is C12H15FN2O2. The first-order valence-electron chi connectivity index (χ1n) is 5.52. The maximum Gasteiger partial charge on any atom is 0.414 e. The van der Waals surface area contributed by atoms with Gasteiger partial charge in [-0.1, -0.05) is 6.07 Å². The molecule has 1 aliphatic heterocycles. The number of hydrogen-bond acceptors (Lipinski definition) is 3. The number of hydrogen-bond donors (Lipinski definition) is 1. The van der Waals surface area contributed by atoms with Gasteiger partial charge in [0.25, 0.3) is 0 Å². The van der Waals surface area contributed by atoms with Crippen molar-refractivity contribution in [2.45, 2.75) is 12.3 Å². The number of carbonyl (C=O) groups excluding carboxylic acids is 1. The summed E-state index contributed by atoms with van der Waals surface area (Å²) in [5.41, 5.74) is 7.16. The second-order valence-corrected chi connectivity index (χ2v) is 4.05. The van der Waals surface area contributed by atoms with Crippen LogP contribution in [0, 0.1) is 5.82 Å². The molecule has 0 aliphatic carbocycles. The Morgan fingerprint density at radius 2 is 2.41 bits per heavy atom. The number of ether oxygens (including phenoxy) is 1. The number of nitrogens with zero attached hydrogens (tertiary/aromatic N) is 1. The number of fused-ring (bicyclic) bond motifs is 1. The third-order valence-electron chi connectivity index (χ3n) is 3.10. The lowest BCUT2D eigenvalue weighted by Crippen LogP contribution is -2.38. The average Bonchev–Trinajstić information content (AvgIpc) is 2.36. The minimum absolute atomic E-state index is 0.173. The molecule has 1 amide bonds. The molecule has 1 aromatic rings. The lowest BCUT2D eigenvalue weighted by atomic mass is 9.90. The van der Waals surface area contributed by atoms with Gasteiger partial charge in [0.1, 0.15) is 5.82 Å². The molecule has 1 aromatic carbocycles. The number of anilines is 1. The van der Waals surface area contributed by atoms with E-state index in [1.54, 1.807) is 6.07 Å². The van der Waals surface area contributed by atoms with Gasteiger partial charge >= 0.3 is 6.09 Å². The Morgan fingerprint density at radius 1 is 1.65 bits per heavy atom. The highest BCUT2D eigenvalue weighted by Crippen LogP contribution is 2.35. The predicted octanol–water partition coefficient (Wildman–Crippen LogP) is 1.84. The van der Waals surface area contributed by atoms with E-state index in [4.69, 9.17) is 5.73 Å². The number of amides is 1. The first kappa shape index (κ1) is 11.9. The van der Waals surface area contributed by atoms with Crippen molar-refractivity contribution in [2.75, 3.05) is 25.1 Å². The molecule has 4 nitrogen and oxygen atoms in total. The highest BCUT2D eigenvalue weighted by Gasteiger charge is 2.28. The van der Waals surface area contributed by atoms with E-state index in [9.17, 15) is 9.18 Å². The fourth-order valence-electron chi connectivity index (χ4n) is 2.20. The molecule has 0 fully saturated rings. The maximum absolute atomic E-state index is 13.3. The van der Waals surface area contributed by atoms with Crippen molar-refractivity contribution in [3.63, 3.8) is 0 Å². The van der Waals surface area contributed by atoms with Crippen molar-refractivity contribution in [3.8, 4) is 0 Å². The number of nitrogens with two attached hydrogens (primary N) is 1. The minimum atomic E-state index is -0.465. The molecule has 0 radical (unpaired) electrons. The van der Waals surface area contributed by atoms with Gasteiger partial charge in [-0.3, -0.25) is 4.90 Å². The van der Waals surface area contributed by atoms with E-state index in [1.807, 2.05) is 0 Å². The Labute approximate surface area is 99.2 Å². The topological polar surface area (TPSA) is 55.6 Å². The van der Waals surface area contributed by atoms with Gasteiger partial charge in [0.15, 0.2) is 0 Å². The van der Waals surface area contributed by atoms with Gasteiger partial charge in [-0.2, -0.15) is 0 Å². The van der Waals surface area contributed by atoms with E-state index in [-0.39, 0.29) is 11.7 Å². The van der Waals surface area contributed by atoms with Crippen LogP contribution in [-0.4, -0.2) is 26.3 Å². The molecule has 2 N–H and O–H groups in total. The number of rotatable bonds is 1. The highest BCUT2D eigenvalue weighted by atomic mass is 19.1. The summed E-state index contributed by atoms with van der Waals surface area (Å²) in [7, 11) is 1.32. The summed E-state index contributed by atoms with van der Waals surface area (Å²) in [6.07, 6.45) is 0.303. The second-order valence-electron chi connectivity index (χ2n) is 4.05. The van der Waals surface area contributed by atoms with Crippen LogP contribution < -0.4 is 10.6 Å². The molecule has 17 heavy (non-hydrogen) atoms. The van der Waals surface area contributed by atoms with Crippen LogP contribution in [0.25, 0.3) is 0 Å². The molecule has 1 atom stereocenters. The standard InChI is InChI=1S/C12H15FN2O2/c1-17-12(16)15-5-4-8(7-14)10-3-2-9(13)6-11(10)15/h2-3,6,8H,4-5,7,14H2,1H3. The second kappa shape index (κ2) is 4.71. The summed E-state index contributed by atoms with van der Waals surface area (Å²) in [6.45, 7) is 0.999. The molecule has 0 saturated heterocycles. The largest absolute Gasteiger partial charge is 0.452 e. The SMILES string of the molecule is COC(=O)N1CCC(CN)c2ccc(F)cc21. The Bertz CT molecular complexity index is 437.